The zero-order valence-electron chi connectivity index (χ0n) is 15.5. The molecule has 0 N–H and O–H groups in total. The minimum absolute atomic E-state index is 0.0607. The molecule has 7 nitrogen and oxygen atoms in total. The summed E-state index contributed by atoms with van der Waals surface area (Å²) >= 11 is 3.44. The van der Waals surface area contributed by atoms with Crippen LogP contribution in [0.2, 0.25) is 0 Å². The van der Waals surface area contributed by atoms with Gasteiger partial charge in [0, 0.05) is 27.6 Å². The molecule has 3 aromatic rings. The highest BCUT2D eigenvalue weighted by atomic mass is 79.9. The Kier molecular flexibility index (Phi) is 5.44. The molecule has 1 aliphatic heterocycles. The van der Waals surface area contributed by atoms with Crippen molar-refractivity contribution >= 4 is 32.9 Å². The predicted octanol–water partition coefficient (Wildman–Crippen LogP) is 3.76. The first-order valence-electron chi connectivity index (χ1n) is 8.90. The van der Waals surface area contributed by atoms with Crippen molar-refractivity contribution in [1.82, 2.24) is 0 Å². The maximum atomic E-state index is 12.1. The Labute approximate surface area is 174 Å². The van der Waals surface area contributed by atoms with E-state index in [0.717, 1.165) is 21.0 Å². The van der Waals surface area contributed by atoms with E-state index < -0.39 is 11.6 Å². The van der Waals surface area contributed by atoms with Crippen molar-refractivity contribution in [1.29, 1.82) is 0 Å². The first kappa shape index (κ1) is 19.3. The third-order valence-corrected chi connectivity index (χ3v) is 5.12. The van der Waals surface area contributed by atoms with Crippen LogP contribution < -0.4 is 19.8 Å². The Balaban J connectivity index is 1.37. The number of hydrogen-bond acceptors (Lipinski definition) is 7. The second-order valence-corrected chi connectivity index (χ2v) is 7.30. The molecule has 0 radical (unpaired) electrons. The molecule has 29 heavy (non-hydrogen) atoms. The average Bonchev–Trinajstić information content (AvgIpc) is 2.70. The minimum Gasteiger partial charge on any atom is -0.486 e. The molecule has 1 aromatic heterocycles. The van der Waals surface area contributed by atoms with Crippen LogP contribution in [0.25, 0.3) is 11.0 Å². The van der Waals surface area contributed by atoms with Crippen LogP contribution in [0.1, 0.15) is 11.1 Å². The first-order chi connectivity index (χ1) is 14.0. The van der Waals surface area contributed by atoms with Gasteiger partial charge in [0.2, 0.25) is 0 Å². The molecule has 0 spiro atoms. The van der Waals surface area contributed by atoms with Gasteiger partial charge in [-0.15, -0.1) is 0 Å². The third-order valence-electron chi connectivity index (χ3n) is 4.38. The molecule has 4 rings (SSSR count). The summed E-state index contributed by atoms with van der Waals surface area (Å²) in [6.07, 6.45) is 0. The molecule has 0 unspecified atom stereocenters. The molecule has 0 aliphatic carbocycles. The molecule has 8 heteroatoms. The lowest BCUT2D eigenvalue weighted by Crippen LogP contribution is -2.17. The average molecular weight is 461 g/mol. The molecular formula is C21H17BrO7. The number of fused-ring (bicyclic) bond motifs is 2. The van der Waals surface area contributed by atoms with E-state index in [1.165, 1.54) is 6.07 Å². The van der Waals surface area contributed by atoms with Crippen LogP contribution in [-0.2, 0) is 16.1 Å². The van der Waals surface area contributed by atoms with Crippen molar-refractivity contribution in [2.45, 2.75) is 13.5 Å². The van der Waals surface area contributed by atoms with E-state index in [2.05, 4.69) is 15.9 Å². The number of ether oxygens (including phenoxy) is 4. The number of benzene rings is 2. The Morgan fingerprint density at radius 1 is 1.10 bits per heavy atom. The standard InChI is InChI=1S/C21H17BrO7/c1-12-6-20(23)29-17-8-14(2-3-15(12)17)27-11-21(24)28-10-13-7-18-19(9-16(13)22)26-5-4-25-18/h2-3,6-9H,4-5,10-11H2,1H3. The van der Waals surface area contributed by atoms with Crippen molar-refractivity contribution in [2.24, 2.45) is 0 Å². The van der Waals surface area contributed by atoms with Gasteiger partial charge in [-0.3, -0.25) is 0 Å². The summed E-state index contributed by atoms with van der Waals surface area (Å²) in [6, 6.07) is 10.1. The fourth-order valence-corrected chi connectivity index (χ4v) is 3.39. The smallest absolute Gasteiger partial charge is 0.344 e. The van der Waals surface area contributed by atoms with Crippen LogP contribution in [-0.4, -0.2) is 25.8 Å². The van der Waals surface area contributed by atoms with E-state index >= 15 is 0 Å². The van der Waals surface area contributed by atoms with Gasteiger partial charge in [-0.1, -0.05) is 15.9 Å². The summed E-state index contributed by atoms with van der Waals surface area (Å²) < 4.78 is 27.7. The normalized spacial score (nSPS) is 12.6. The summed E-state index contributed by atoms with van der Waals surface area (Å²) in [5.74, 6) is 1.15. The lowest BCUT2D eigenvalue weighted by molar-refractivity contribution is -0.147. The van der Waals surface area contributed by atoms with Gasteiger partial charge in [-0.05, 0) is 36.8 Å². The maximum Gasteiger partial charge on any atom is 0.344 e. The highest BCUT2D eigenvalue weighted by Crippen LogP contribution is 2.35. The summed E-state index contributed by atoms with van der Waals surface area (Å²) in [4.78, 5) is 23.6. The molecule has 2 aromatic carbocycles. The van der Waals surface area contributed by atoms with Crippen molar-refractivity contribution in [3.05, 3.63) is 62.4 Å². The molecule has 0 amide bonds. The maximum absolute atomic E-state index is 12.1. The van der Waals surface area contributed by atoms with Crippen molar-refractivity contribution in [3.63, 3.8) is 0 Å². The largest absolute Gasteiger partial charge is 0.486 e. The highest BCUT2D eigenvalue weighted by molar-refractivity contribution is 9.10. The number of carbonyl (C=O) groups is 1. The van der Waals surface area contributed by atoms with Gasteiger partial charge in [0.1, 0.15) is 31.2 Å². The van der Waals surface area contributed by atoms with E-state index in [9.17, 15) is 9.59 Å². The molecule has 2 heterocycles. The monoisotopic (exact) mass is 460 g/mol. The molecule has 150 valence electrons. The zero-order chi connectivity index (χ0) is 20.4. The van der Waals surface area contributed by atoms with Gasteiger partial charge in [0.15, 0.2) is 18.1 Å². The lowest BCUT2D eigenvalue weighted by atomic mass is 10.1. The van der Waals surface area contributed by atoms with Crippen LogP contribution in [0, 0.1) is 6.92 Å². The Bertz CT molecular complexity index is 1140. The fraction of sp³-hybridized carbons (Fsp3) is 0.238. The second kappa shape index (κ2) is 8.16. The number of halogens is 1. The van der Waals surface area contributed by atoms with E-state index in [-0.39, 0.29) is 13.2 Å². The van der Waals surface area contributed by atoms with Gasteiger partial charge >= 0.3 is 11.6 Å². The summed E-state index contributed by atoms with van der Waals surface area (Å²) in [6.45, 7) is 2.60. The van der Waals surface area contributed by atoms with Crippen LogP contribution in [0.5, 0.6) is 17.2 Å². The zero-order valence-corrected chi connectivity index (χ0v) is 17.1. The molecule has 0 saturated heterocycles. The van der Waals surface area contributed by atoms with Crippen LogP contribution in [0.3, 0.4) is 0 Å². The van der Waals surface area contributed by atoms with E-state index in [1.54, 1.807) is 30.3 Å². The Morgan fingerprint density at radius 2 is 1.86 bits per heavy atom. The van der Waals surface area contributed by atoms with Crippen LogP contribution in [0.15, 0.2) is 50.1 Å². The summed E-state index contributed by atoms with van der Waals surface area (Å²) in [5.41, 5.74) is 1.54. The molecule has 1 aliphatic rings. The van der Waals surface area contributed by atoms with Crippen LogP contribution >= 0.6 is 15.9 Å². The minimum atomic E-state index is -0.530. The predicted molar refractivity (Wildman–Crippen MR) is 108 cm³/mol. The number of aryl methyl sites for hydroxylation is 1. The van der Waals surface area contributed by atoms with Gasteiger partial charge < -0.3 is 23.4 Å². The first-order valence-corrected chi connectivity index (χ1v) is 9.70. The molecule has 0 atom stereocenters. The topological polar surface area (TPSA) is 84.2 Å². The highest BCUT2D eigenvalue weighted by Gasteiger charge is 2.16. The van der Waals surface area contributed by atoms with E-state index in [1.807, 2.05) is 6.92 Å². The molecule has 0 bridgehead atoms. The second-order valence-electron chi connectivity index (χ2n) is 6.44. The SMILES string of the molecule is Cc1cc(=O)oc2cc(OCC(=O)OCc3cc4c(cc3Br)OCCO4)ccc12. The quantitative estimate of drug-likeness (QED) is 0.423. The van der Waals surface area contributed by atoms with Crippen molar-refractivity contribution in [3.8, 4) is 17.2 Å². The van der Waals surface area contributed by atoms with Gasteiger partial charge in [0.05, 0.1) is 0 Å². The molecule has 0 saturated carbocycles. The van der Waals surface area contributed by atoms with Gasteiger partial charge in [0.25, 0.3) is 0 Å². The number of hydrogen-bond donors (Lipinski definition) is 0. The summed E-state index contributed by atoms with van der Waals surface area (Å²) in [5, 5.41) is 0.808. The van der Waals surface area contributed by atoms with E-state index in [4.69, 9.17) is 23.4 Å². The molecule has 0 fully saturated rings. The number of esters is 1. The van der Waals surface area contributed by atoms with Crippen molar-refractivity contribution in [2.75, 3.05) is 19.8 Å². The summed E-state index contributed by atoms with van der Waals surface area (Å²) in [7, 11) is 0. The third kappa shape index (κ3) is 4.37. The Morgan fingerprint density at radius 3 is 2.66 bits per heavy atom. The van der Waals surface area contributed by atoms with Crippen molar-refractivity contribution < 1.29 is 28.2 Å². The number of carbonyl (C=O) groups excluding carboxylic acids is 1. The van der Waals surface area contributed by atoms with Gasteiger partial charge in [-0.25, -0.2) is 9.59 Å². The fourth-order valence-electron chi connectivity index (χ4n) is 2.95. The lowest BCUT2D eigenvalue weighted by Gasteiger charge is -2.19. The van der Waals surface area contributed by atoms with Crippen LogP contribution in [0.4, 0.5) is 0 Å². The Hall–Kier alpha value is -3.00. The van der Waals surface area contributed by atoms with E-state index in [0.29, 0.717) is 36.0 Å². The molecular weight excluding hydrogens is 444 g/mol. The van der Waals surface area contributed by atoms with Gasteiger partial charge in [-0.2, -0.15) is 0 Å². The number of rotatable bonds is 5.